The summed E-state index contributed by atoms with van der Waals surface area (Å²) in [6, 6.07) is 5.95. The lowest BCUT2D eigenvalue weighted by Gasteiger charge is -1.98. The monoisotopic (exact) mass is 215 g/mol. The highest BCUT2D eigenvalue weighted by molar-refractivity contribution is 6.16. The zero-order valence-corrected chi connectivity index (χ0v) is 8.68. The molecule has 2 heterocycles. The molecule has 0 N–H and O–H groups in total. The average Bonchev–Trinajstić information content (AvgIpc) is 2.44. The van der Waals surface area contributed by atoms with Crippen LogP contribution in [0, 0.1) is 6.92 Å². The fourth-order valence-corrected chi connectivity index (χ4v) is 1.52. The number of aryl methyl sites for hydroxylation is 1. The van der Waals surface area contributed by atoms with Crippen LogP contribution in [0.1, 0.15) is 11.4 Å². The van der Waals surface area contributed by atoms with Gasteiger partial charge in [0.25, 0.3) is 0 Å². The molecule has 0 aromatic carbocycles. The van der Waals surface area contributed by atoms with Crippen molar-refractivity contribution in [1.82, 2.24) is 9.38 Å². The fourth-order valence-electron chi connectivity index (χ4n) is 1.30. The summed E-state index contributed by atoms with van der Waals surface area (Å²) in [6.07, 6.45) is 1.99. The van der Waals surface area contributed by atoms with Crippen LogP contribution in [0.5, 0.6) is 0 Å². The van der Waals surface area contributed by atoms with Crippen molar-refractivity contribution in [2.75, 3.05) is 0 Å². The number of nitrogens with zero attached hydrogens (tertiary/aromatic N) is 2. The van der Waals surface area contributed by atoms with Gasteiger partial charge in [-0.3, -0.25) is 0 Å². The van der Waals surface area contributed by atoms with E-state index in [9.17, 15) is 0 Å². The summed E-state index contributed by atoms with van der Waals surface area (Å²) in [4.78, 5) is 4.33. The third-order valence-corrected chi connectivity index (χ3v) is 2.11. The third-order valence-electron chi connectivity index (χ3n) is 1.83. The number of hydrogen-bond donors (Lipinski definition) is 0. The molecule has 0 saturated carbocycles. The van der Waals surface area contributed by atoms with Crippen molar-refractivity contribution in [3.05, 3.63) is 35.8 Å². The Bertz CT molecular complexity index is 409. The van der Waals surface area contributed by atoms with Gasteiger partial charge in [-0.1, -0.05) is 6.07 Å². The molecule has 2 nitrogen and oxygen atoms in total. The first-order chi connectivity index (χ1) is 5.81. The van der Waals surface area contributed by atoms with Crippen LogP contribution in [0.15, 0.2) is 24.4 Å². The average molecular weight is 216 g/mol. The number of fused-ring (bicyclic) bond motifs is 1. The molecule has 0 aliphatic heterocycles. The second-order valence-corrected chi connectivity index (χ2v) is 3.03. The Labute approximate surface area is 88.0 Å². The van der Waals surface area contributed by atoms with Gasteiger partial charge in [0, 0.05) is 11.9 Å². The van der Waals surface area contributed by atoms with E-state index in [0.717, 1.165) is 17.0 Å². The number of imidazole rings is 1. The van der Waals surface area contributed by atoms with E-state index in [1.54, 1.807) is 0 Å². The van der Waals surface area contributed by atoms with E-state index >= 15 is 0 Å². The van der Waals surface area contributed by atoms with E-state index in [2.05, 4.69) is 4.98 Å². The zero-order chi connectivity index (χ0) is 8.55. The van der Waals surface area contributed by atoms with Gasteiger partial charge in [-0.2, -0.15) is 0 Å². The predicted octanol–water partition coefficient (Wildman–Crippen LogP) is -0.614. The lowest BCUT2D eigenvalue weighted by Crippen LogP contribution is -3.00. The molecular formula is C9H9Cl2N2-. The van der Waals surface area contributed by atoms with Crippen molar-refractivity contribution in [2.24, 2.45) is 0 Å². The van der Waals surface area contributed by atoms with E-state index < -0.39 is 0 Å². The molecule has 0 spiro atoms. The lowest BCUT2D eigenvalue weighted by molar-refractivity contribution is -0.00000260. The van der Waals surface area contributed by atoms with Crippen LogP contribution >= 0.6 is 11.6 Å². The molecular weight excluding hydrogens is 207 g/mol. The normalized spacial score (nSPS) is 10.0. The molecule has 0 bridgehead atoms. The minimum atomic E-state index is 0. The number of pyridine rings is 1. The first-order valence-corrected chi connectivity index (χ1v) is 4.34. The molecule has 0 radical (unpaired) electrons. The van der Waals surface area contributed by atoms with E-state index in [0.29, 0.717) is 5.88 Å². The molecule has 0 aliphatic rings. The van der Waals surface area contributed by atoms with Gasteiger partial charge in [-0.25, -0.2) is 4.98 Å². The number of hydrogen-bond acceptors (Lipinski definition) is 1. The van der Waals surface area contributed by atoms with Crippen LogP contribution in [0.4, 0.5) is 0 Å². The predicted molar refractivity (Wildman–Crippen MR) is 49.5 cm³/mol. The smallest absolute Gasteiger partial charge is 0.137 e. The molecule has 2 rings (SSSR count). The van der Waals surface area contributed by atoms with Crippen molar-refractivity contribution in [1.29, 1.82) is 0 Å². The number of aromatic nitrogens is 2. The van der Waals surface area contributed by atoms with Gasteiger partial charge >= 0.3 is 0 Å². The number of rotatable bonds is 1. The molecule has 70 valence electrons. The lowest BCUT2D eigenvalue weighted by atomic mass is 10.4. The maximum absolute atomic E-state index is 5.77. The van der Waals surface area contributed by atoms with Gasteiger partial charge in [0.05, 0.1) is 11.6 Å². The maximum atomic E-state index is 5.77. The molecule has 0 aliphatic carbocycles. The van der Waals surface area contributed by atoms with Crippen LogP contribution in [-0.4, -0.2) is 9.38 Å². The molecule has 4 heteroatoms. The van der Waals surface area contributed by atoms with Crippen LogP contribution in [-0.2, 0) is 5.88 Å². The summed E-state index contributed by atoms with van der Waals surface area (Å²) in [6.45, 7) is 1.98. The van der Waals surface area contributed by atoms with Gasteiger partial charge in [0.15, 0.2) is 0 Å². The highest BCUT2D eigenvalue weighted by Gasteiger charge is 2.00. The van der Waals surface area contributed by atoms with Crippen molar-refractivity contribution in [3.63, 3.8) is 0 Å². The Morgan fingerprint density at radius 3 is 2.92 bits per heavy atom. The zero-order valence-electron chi connectivity index (χ0n) is 7.17. The van der Waals surface area contributed by atoms with E-state index in [-0.39, 0.29) is 12.4 Å². The molecule has 0 fully saturated rings. The van der Waals surface area contributed by atoms with Gasteiger partial charge in [-0.15, -0.1) is 11.6 Å². The first-order valence-electron chi connectivity index (χ1n) is 3.81. The SMILES string of the molecule is Cc1cn2c(CCl)cccc2n1.[Cl-]. The Morgan fingerprint density at radius 1 is 1.46 bits per heavy atom. The Kier molecular flexibility index (Phi) is 3.17. The highest BCUT2D eigenvalue weighted by Crippen LogP contribution is 2.09. The molecule has 2 aromatic heterocycles. The van der Waals surface area contributed by atoms with Crippen molar-refractivity contribution in [3.8, 4) is 0 Å². The molecule has 0 atom stereocenters. The molecule has 13 heavy (non-hydrogen) atoms. The molecule has 0 amide bonds. The van der Waals surface area contributed by atoms with E-state index in [1.165, 1.54) is 0 Å². The second kappa shape index (κ2) is 3.99. The largest absolute Gasteiger partial charge is 1.00 e. The van der Waals surface area contributed by atoms with Crippen molar-refractivity contribution in [2.45, 2.75) is 12.8 Å². The number of halogens is 2. The van der Waals surface area contributed by atoms with E-state index in [1.807, 2.05) is 35.7 Å². The summed E-state index contributed by atoms with van der Waals surface area (Å²) in [5, 5.41) is 0. The van der Waals surface area contributed by atoms with Crippen LogP contribution in [0.25, 0.3) is 5.65 Å². The Hall–Kier alpha value is -0.730. The summed E-state index contributed by atoms with van der Waals surface area (Å²) in [7, 11) is 0. The summed E-state index contributed by atoms with van der Waals surface area (Å²) in [5.74, 6) is 0.521. The fraction of sp³-hybridized carbons (Fsp3) is 0.222. The summed E-state index contributed by atoms with van der Waals surface area (Å²) >= 11 is 5.77. The maximum Gasteiger partial charge on any atom is 0.137 e. The van der Waals surface area contributed by atoms with Crippen LogP contribution in [0.2, 0.25) is 0 Å². The van der Waals surface area contributed by atoms with Crippen molar-refractivity contribution < 1.29 is 12.4 Å². The highest BCUT2D eigenvalue weighted by atomic mass is 35.5. The molecule has 2 aromatic rings. The minimum absolute atomic E-state index is 0. The quantitative estimate of drug-likeness (QED) is 0.581. The van der Waals surface area contributed by atoms with Gasteiger partial charge in [0.1, 0.15) is 5.65 Å². The summed E-state index contributed by atoms with van der Waals surface area (Å²) in [5.41, 5.74) is 3.06. The Morgan fingerprint density at radius 2 is 2.23 bits per heavy atom. The second-order valence-electron chi connectivity index (χ2n) is 2.76. The topological polar surface area (TPSA) is 17.3 Å². The third kappa shape index (κ3) is 1.79. The number of alkyl halides is 1. The summed E-state index contributed by atoms with van der Waals surface area (Å²) < 4.78 is 2.02. The Balaban J connectivity index is 0.000000845. The van der Waals surface area contributed by atoms with Gasteiger partial charge in [0.2, 0.25) is 0 Å². The standard InChI is InChI=1S/C9H9ClN2.ClH/c1-7-6-12-8(5-10)3-2-4-9(12)11-7;/h2-4,6H,5H2,1H3;1H/p-1. The van der Waals surface area contributed by atoms with Gasteiger partial charge < -0.3 is 16.8 Å². The van der Waals surface area contributed by atoms with Gasteiger partial charge in [-0.05, 0) is 19.1 Å². The first kappa shape index (κ1) is 10.4. The van der Waals surface area contributed by atoms with Crippen LogP contribution in [0.3, 0.4) is 0 Å². The minimum Gasteiger partial charge on any atom is -1.00 e. The van der Waals surface area contributed by atoms with Crippen molar-refractivity contribution >= 4 is 17.2 Å². The van der Waals surface area contributed by atoms with Crippen LogP contribution < -0.4 is 12.4 Å². The molecule has 0 unspecified atom stereocenters. The van der Waals surface area contributed by atoms with E-state index in [4.69, 9.17) is 11.6 Å². The molecule has 0 saturated heterocycles.